The van der Waals surface area contributed by atoms with Crippen molar-refractivity contribution in [1.82, 2.24) is 9.80 Å². The van der Waals surface area contributed by atoms with Crippen LogP contribution in [0.4, 0.5) is 26.7 Å². The van der Waals surface area contributed by atoms with Crippen molar-refractivity contribution >= 4 is 35.1 Å². The molecule has 4 rings (SSSR count). The van der Waals surface area contributed by atoms with Crippen LogP contribution in [-0.4, -0.2) is 72.8 Å². The Labute approximate surface area is 259 Å². The molecule has 0 saturated carbocycles. The van der Waals surface area contributed by atoms with E-state index in [1.807, 2.05) is 43.3 Å². The number of morpholine rings is 1. The van der Waals surface area contributed by atoms with E-state index in [1.54, 1.807) is 62.1 Å². The number of hydrogen-bond donors (Lipinski definition) is 3. The zero-order chi connectivity index (χ0) is 31.5. The van der Waals surface area contributed by atoms with Gasteiger partial charge >= 0.3 is 12.1 Å². The number of para-hydroxylation sites is 2. The molecule has 0 spiro atoms. The molecule has 3 N–H and O–H groups in total. The third-order valence-electron chi connectivity index (χ3n) is 7.00. The predicted octanol–water partition coefficient (Wildman–Crippen LogP) is 6.35. The number of nitrogens with one attached hydrogen (secondary N) is 3. The number of urea groups is 1. The maximum Gasteiger partial charge on any atom is 0.412 e. The normalized spacial score (nSPS) is 13.5. The quantitative estimate of drug-likeness (QED) is 0.250. The second-order valence-electron chi connectivity index (χ2n) is 11.8. The predicted molar refractivity (Wildman–Crippen MR) is 173 cm³/mol. The molecule has 0 bridgehead atoms. The highest BCUT2D eigenvalue weighted by Gasteiger charge is 2.19. The van der Waals surface area contributed by atoms with Crippen LogP contribution in [0.15, 0.2) is 72.8 Å². The lowest BCUT2D eigenvalue weighted by Crippen LogP contribution is -2.40. The number of hydrogen-bond acceptors (Lipinski definition) is 6. The first-order chi connectivity index (χ1) is 21.1. The Morgan fingerprint density at radius 3 is 2.14 bits per heavy atom. The highest BCUT2D eigenvalue weighted by molar-refractivity contribution is 6.06. The van der Waals surface area contributed by atoms with Gasteiger partial charge in [0.25, 0.3) is 5.91 Å². The molecule has 1 aliphatic rings. The van der Waals surface area contributed by atoms with Gasteiger partial charge in [-0.05, 0) is 76.1 Å². The molecular formula is C34H43N5O5. The summed E-state index contributed by atoms with van der Waals surface area (Å²) in [4.78, 5) is 42.9. The van der Waals surface area contributed by atoms with Crippen molar-refractivity contribution in [3.05, 3.63) is 89.5 Å². The molecule has 1 fully saturated rings. The topological polar surface area (TPSA) is 112 Å². The number of benzene rings is 3. The van der Waals surface area contributed by atoms with Crippen LogP contribution >= 0.6 is 0 Å². The van der Waals surface area contributed by atoms with Gasteiger partial charge in [-0.25, -0.2) is 9.59 Å². The van der Waals surface area contributed by atoms with E-state index >= 15 is 0 Å². The van der Waals surface area contributed by atoms with Gasteiger partial charge in [0, 0.05) is 44.0 Å². The summed E-state index contributed by atoms with van der Waals surface area (Å²) in [6.45, 7) is 12.5. The number of ether oxygens (including phenoxy) is 2. The van der Waals surface area contributed by atoms with Gasteiger partial charge in [-0.3, -0.25) is 15.0 Å². The van der Waals surface area contributed by atoms with Crippen LogP contribution in [-0.2, 0) is 16.0 Å². The van der Waals surface area contributed by atoms with Gasteiger partial charge in [0.05, 0.1) is 24.6 Å². The fourth-order valence-electron chi connectivity index (χ4n) is 4.69. The van der Waals surface area contributed by atoms with Crippen LogP contribution in [0.2, 0.25) is 0 Å². The molecule has 0 radical (unpaired) electrons. The maximum atomic E-state index is 13.3. The first-order valence-electron chi connectivity index (χ1n) is 15.0. The fourth-order valence-corrected chi connectivity index (χ4v) is 4.69. The zero-order valence-corrected chi connectivity index (χ0v) is 26.0. The summed E-state index contributed by atoms with van der Waals surface area (Å²) < 4.78 is 10.8. The fraction of sp³-hybridized carbons (Fsp3) is 0.382. The van der Waals surface area contributed by atoms with E-state index in [0.717, 1.165) is 56.1 Å². The standard InChI is InChI=1S/C34H43N5O5/c1-25-10-16-28(17-11-25)35-32(41)39(19-7-18-38-20-22-43-23-21-38)24-26-12-14-27(15-13-26)31(40)36-29-8-5-6-9-30(29)37-33(42)44-34(2,3)4/h5-6,8-17H,7,18-24H2,1-4H3,(H,35,41)(H,36,40)(H,37,42). The second kappa shape index (κ2) is 15.4. The minimum atomic E-state index is -0.649. The molecule has 0 unspecified atom stereocenters. The molecule has 1 saturated heterocycles. The maximum absolute atomic E-state index is 13.3. The molecule has 10 nitrogen and oxygen atoms in total. The summed E-state index contributed by atoms with van der Waals surface area (Å²) >= 11 is 0. The molecule has 44 heavy (non-hydrogen) atoms. The van der Waals surface area contributed by atoms with E-state index in [0.29, 0.717) is 30.0 Å². The van der Waals surface area contributed by atoms with Gasteiger partial charge in [-0.2, -0.15) is 0 Å². The second-order valence-corrected chi connectivity index (χ2v) is 11.8. The van der Waals surface area contributed by atoms with Crippen molar-refractivity contribution < 1.29 is 23.9 Å². The lowest BCUT2D eigenvalue weighted by molar-refractivity contribution is 0.0365. The number of carbonyl (C=O) groups is 3. The lowest BCUT2D eigenvalue weighted by atomic mass is 10.1. The number of anilines is 3. The van der Waals surface area contributed by atoms with Gasteiger partial charge in [0.15, 0.2) is 0 Å². The highest BCUT2D eigenvalue weighted by atomic mass is 16.6. The van der Waals surface area contributed by atoms with E-state index in [-0.39, 0.29) is 11.9 Å². The van der Waals surface area contributed by atoms with Crippen LogP contribution in [0.5, 0.6) is 0 Å². The van der Waals surface area contributed by atoms with Crippen molar-refractivity contribution in [2.24, 2.45) is 0 Å². The molecule has 3 aromatic carbocycles. The summed E-state index contributed by atoms with van der Waals surface area (Å²) in [5.41, 5.74) is 3.45. The van der Waals surface area contributed by atoms with Crippen LogP contribution in [0.1, 0.15) is 48.7 Å². The first-order valence-corrected chi connectivity index (χ1v) is 15.0. The third-order valence-corrected chi connectivity index (χ3v) is 7.00. The van der Waals surface area contributed by atoms with Crippen LogP contribution in [0.3, 0.4) is 0 Å². The van der Waals surface area contributed by atoms with Crippen LogP contribution in [0, 0.1) is 6.92 Å². The molecule has 10 heteroatoms. The van der Waals surface area contributed by atoms with Crippen LogP contribution < -0.4 is 16.0 Å². The molecule has 234 valence electrons. The monoisotopic (exact) mass is 601 g/mol. The number of carbonyl (C=O) groups excluding carboxylic acids is 3. The summed E-state index contributed by atoms with van der Waals surface area (Å²) in [6, 6.07) is 21.7. The average molecular weight is 602 g/mol. The molecular weight excluding hydrogens is 558 g/mol. The Hall–Kier alpha value is -4.41. The molecule has 0 atom stereocenters. The van der Waals surface area contributed by atoms with Crippen molar-refractivity contribution in [3.8, 4) is 0 Å². The average Bonchev–Trinajstić information content (AvgIpc) is 2.98. The van der Waals surface area contributed by atoms with E-state index in [4.69, 9.17) is 9.47 Å². The molecule has 3 aromatic rings. The molecule has 0 aromatic heterocycles. The molecule has 1 aliphatic heterocycles. The van der Waals surface area contributed by atoms with E-state index in [9.17, 15) is 14.4 Å². The minimum Gasteiger partial charge on any atom is -0.444 e. The summed E-state index contributed by atoms with van der Waals surface area (Å²) in [5.74, 6) is -0.325. The number of aryl methyl sites for hydroxylation is 1. The molecule has 1 heterocycles. The van der Waals surface area contributed by atoms with Gasteiger partial charge < -0.3 is 25.0 Å². The Morgan fingerprint density at radius 2 is 1.50 bits per heavy atom. The Bertz CT molecular complexity index is 1400. The minimum absolute atomic E-state index is 0.174. The summed E-state index contributed by atoms with van der Waals surface area (Å²) in [6.07, 6.45) is 0.225. The van der Waals surface area contributed by atoms with Crippen LogP contribution in [0.25, 0.3) is 0 Å². The van der Waals surface area contributed by atoms with Crippen molar-refractivity contribution in [2.75, 3.05) is 55.3 Å². The molecule has 0 aliphatic carbocycles. The van der Waals surface area contributed by atoms with Crippen molar-refractivity contribution in [2.45, 2.75) is 46.3 Å². The summed E-state index contributed by atoms with van der Waals surface area (Å²) in [7, 11) is 0. The number of rotatable bonds is 10. The van der Waals surface area contributed by atoms with Crippen molar-refractivity contribution in [1.29, 1.82) is 0 Å². The van der Waals surface area contributed by atoms with Gasteiger partial charge in [0.1, 0.15) is 5.60 Å². The van der Waals surface area contributed by atoms with Gasteiger partial charge in [-0.15, -0.1) is 0 Å². The van der Waals surface area contributed by atoms with E-state index in [2.05, 4.69) is 20.9 Å². The smallest absolute Gasteiger partial charge is 0.412 e. The number of amides is 4. The Balaban J connectivity index is 1.39. The van der Waals surface area contributed by atoms with Gasteiger partial charge in [-0.1, -0.05) is 42.0 Å². The number of nitrogens with zero attached hydrogens (tertiary/aromatic N) is 2. The summed E-state index contributed by atoms with van der Waals surface area (Å²) in [5, 5.41) is 8.58. The van der Waals surface area contributed by atoms with Gasteiger partial charge in [0.2, 0.25) is 0 Å². The zero-order valence-electron chi connectivity index (χ0n) is 26.0. The Kier molecular flexibility index (Phi) is 11.3. The van der Waals surface area contributed by atoms with E-state index < -0.39 is 11.7 Å². The van der Waals surface area contributed by atoms with Crippen molar-refractivity contribution in [3.63, 3.8) is 0 Å². The Morgan fingerprint density at radius 1 is 0.864 bits per heavy atom. The largest absolute Gasteiger partial charge is 0.444 e. The van der Waals surface area contributed by atoms with E-state index in [1.165, 1.54) is 0 Å². The molecule has 4 amide bonds. The third kappa shape index (κ3) is 10.4. The lowest BCUT2D eigenvalue weighted by Gasteiger charge is -2.28. The highest BCUT2D eigenvalue weighted by Crippen LogP contribution is 2.23. The SMILES string of the molecule is Cc1ccc(NC(=O)N(CCCN2CCOCC2)Cc2ccc(C(=O)Nc3ccccc3NC(=O)OC(C)(C)C)cc2)cc1. The first kappa shape index (κ1) is 32.5.